The topological polar surface area (TPSA) is 99.6 Å². The van der Waals surface area contributed by atoms with Gasteiger partial charge in [0.25, 0.3) is 0 Å². The van der Waals surface area contributed by atoms with E-state index in [-0.39, 0.29) is 36.3 Å². The van der Waals surface area contributed by atoms with Crippen LogP contribution in [0.1, 0.15) is 37.1 Å². The number of aryl methyl sites for hydroxylation is 3. The van der Waals surface area contributed by atoms with E-state index in [1.165, 1.54) is 0 Å². The van der Waals surface area contributed by atoms with Gasteiger partial charge in [-0.25, -0.2) is 0 Å². The van der Waals surface area contributed by atoms with Crippen LogP contribution in [0.5, 0.6) is 0 Å². The average molecular weight is 405 g/mol. The summed E-state index contributed by atoms with van der Waals surface area (Å²) in [5.74, 6) is -0.0403. The predicted molar refractivity (Wildman–Crippen MR) is 108 cm³/mol. The first kappa shape index (κ1) is 21.3. The van der Waals surface area contributed by atoms with Gasteiger partial charge in [-0.1, -0.05) is 0 Å². The Morgan fingerprint density at radius 1 is 1.28 bits per heavy atom. The van der Waals surface area contributed by atoms with Crippen LogP contribution in [0, 0.1) is 13.8 Å². The molecule has 2 aliphatic heterocycles. The van der Waals surface area contributed by atoms with E-state index >= 15 is 0 Å². The van der Waals surface area contributed by atoms with Crippen LogP contribution in [0.2, 0.25) is 0 Å². The van der Waals surface area contributed by atoms with Crippen LogP contribution in [-0.4, -0.2) is 82.6 Å². The van der Waals surface area contributed by atoms with E-state index in [1.807, 2.05) is 31.6 Å². The lowest BCUT2D eigenvalue weighted by atomic mass is 10.1. The normalized spacial score (nSPS) is 22.6. The molecule has 0 saturated carbocycles. The first-order valence-corrected chi connectivity index (χ1v) is 10.4. The molecule has 1 aromatic heterocycles. The molecule has 0 aromatic carbocycles. The van der Waals surface area contributed by atoms with Gasteiger partial charge in [0.05, 0.1) is 12.2 Å². The second-order valence-electron chi connectivity index (χ2n) is 8.12. The first-order chi connectivity index (χ1) is 13.8. The third kappa shape index (κ3) is 5.56. The number of hydrogen-bond donors (Lipinski definition) is 2. The molecule has 2 aliphatic rings. The Morgan fingerprint density at radius 3 is 2.72 bits per heavy atom. The van der Waals surface area contributed by atoms with E-state index in [4.69, 9.17) is 0 Å². The van der Waals surface area contributed by atoms with Crippen molar-refractivity contribution in [2.45, 2.75) is 58.2 Å². The fourth-order valence-electron chi connectivity index (χ4n) is 4.19. The summed E-state index contributed by atoms with van der Waals surface area (Å²) >= 11 is 0. The van der Waals surface area contributed by atoms with Crippen LogP contribution < -0.4 is 10.6 Å². The maximum atomic E-state index is 12.5. The van der Waals surface area contributed by atoms with E-state index < -0.39 is 0 Å². The smallest absolute Gasteiger partial charge is 0.239 e. The van der Waals surface area contributed by atoms with Gasteiger partial charge in [0, 0.05) is 56.8 Å². The maximum Gasteiger partial charge on any atom is 0.239 e. The quantitative estimate of drug-likeness (QED) is 0.657. The van der Waals surface area contributed by atoms with Crippen LogP contribution in [0.15, 0.2) is 6.07 Å². The van der Waals surface area contributed by atoms with Gasteiger partial charge < -0.3 is 15.5 Å². The third-order valence-corrected chi connectivity index (χ3v) is 5.98. The highest BCUT2D eigenvalue weighted by atomic mass is 16.2. The van der Waals surface area contributed by atoms with Gasteiger partial charge in [-0.15, -0.1) is 0 Å². The number of amides is 3. The molecule has 3 rings (SSSR count). The molecule has 2 fully saturated rings. The lowest BCUT2D eigenvalue weighted by Crippen LogP contribution is -2.51. The number of likely N-dealkylation sites (N-methyl/N-ethyl adjacent to an activating group) is 1. The van der Waals surface area contributed by atoms with E-state index in [9.17, 15) is 14.4 Å². The molecule has 0 unspecified atom stereocenters. The number of rotatable bonds is 7. The number of carbonyl (C=O) groups excluding carboxylic acids is 3. The lowest BCUT2D eigenvalue weighted by molar-refractivity contribution is -0.139. The summed E-state index contributed by atoms with van der Waals surface area (Å²) in [6.07, 6.45) is 2.70. The second kappa shape index (κ2) is 9.39. The Morgan fingerprint density at radius 2 is 2.03 bits per heavy atom. The largest absolute Gasteiger partial charge is 0.354 e. The van der Waals surface area contributed by atoms with Gasteiger partial charge in [-0.05, 0) is 39.8 Å². The molecule has 0 radical (unpaired) electrons. The Hall–Kier alpha value is -2.42. The molecule has 1 aromatic rings. The van der Waals surface area contributed by atoms with Crippen molar-refractivity contribution in [3.63, 3.8) is 0 Å². The van der Waals surface area contributed by atoms with Gasteiger partial charge in [-0.3, -0.25) is 24.0 Å². The minimum atomic E-state index is -0.0922. The van der Waals surface area contributed by atoms with Crippen molar-refractivity contribution < 1.29 is 14.4 Å². The van der Waals surface area contributed by atoms with Crippen LogP contribution in [-0.2, 0) is 20.9 Å². The molecule has 3 heterocycles. The highest BCUT2D eigenvalue weighted by Gasteiger charge is 2.33. The number of likely N-dealkylation sites (tertiary alicyclic amines) is 1. The maximum absolute atomic E-state index is 12.5. The summed E-state index contributed by atoms with van der Waals surface area (Å²) in [6.45, 7) is 6.36. The predicted octanol–water partition coefficient (Wildman–Crippen LogP) is -0.182. The van der Waals surface area contributed by atoms with Gasteiger partial charge in [0.15, 0.2) is 0 Å². The highest BCUT2D eigenvalue weighted by molar-refractivity contribution is 5.86. The van der Waals surface area contributed by atoms with E-state index in [0.717, 1.165) is 24.2 Å². The molecular weight excluding hydrogens is 372 g/mol. The molecule has 2 N–H and O–H groups in total. The van der Waals surface area contributed by atoms with Gasteiger partial charge >= 0.3 is 0 Å². The number of nitrogens with zero attached hydrogens (tertiary/aromatic N) is 4. The number of nitrogens with one attached hydrogen (secondary N) is 2. The van der Waals surface area contributed by atoms with E-state index in [1.54, 1.807) is 4.90 Å². The van der Waals surface area contributed by atoms with Crippen LogP contribution in [0.25, 0.3) is 0 Å². The summed E-state index contributed by atoms with van der Waals surface area (Å²) in [5, 5.41) is 10.1. The molecule has 29 heavy (non-hydrogen) atoms. The zero-order valence-electron chi connectivity index (χ0n) is 17.6. The summed E-state index contributed by atoms with van der Waals surface area (Å²) in [6, 6.07) is 2.39. The molecule has 160 valence electrons. The molecule has 3 amide bonds. The van der Waals surface area contributed by atoms with Crippen molar-refractivity contribution in [2.75, 3.05) is 33.2 Å². The van der Waals surface area contributed by atoms with Crippen LogP contribution in [0.3, 0.4) is 0 Å². The Kier molecular flexibility index (Phi) is 6.89. The molecule has 2 saturated heterocycles. The summed E-state index contributed by atoms with van der Waals surface area (Å²) in [7, 11) is 2.01. The molecular formula is C20H32N6O3. The zero-order chi connectivity index (χ0) is 21.0. The third-order valence-electron chi connectivity index (χ3n) is 5.98. The number of carbonyl (C=O) groups is 3. The molecule has 2 atom stereocenters. The van der Waals surface area contributed by atoms with E-state index in [2.05, 4.69) is 20.6 Å². The standard InChI is InChI=1S/C20H32N6O3/c1-14-10-15(2)26(23-14)8-6-18(27)22-12-17-5-4-16(24(17)3)11-20(29)25-9-7-21-19(28)13-25/h10,16-17H,4-9,11-13H2,1-3H3,(H,21,28)(H,22,27)/t16-,17+/m1/s1. The fraction of sp³-hybridized carbons (Fsp3) is 0.700. The summed E-state index contributed by atoms with van der Waals surface area (Å²) in [4.78, 5) is 40.1. The monoisotopic (exact) mass is 404 g/mol. The average Bonchev–Trinajstić information content (AvgIpc) is 3.19. The van der Waals surface area contributed by atoms with Crippen molar-refractivity contribution >= 4 is 17.7 Å². The molecule has 0 aliphatic carbocycles. The van der Waals surface area contributed by atoms with Gasteiger partial charge in [0.1, 0.15) is 0 Å². The van der Waals surface area contributed by atoms with Crippen LogP contribution >= 0.6 is 0 Å². The van der Waals surface area contributed by atoms with E-state index in [0.29, 0.717) is 39.0 Å². The molecule has 0 bridgehead atoms. The molecule has 9 nitrogen and oxygen atoms in total. The highest BCUT2D eigenvalue weighted by Crippen LogP contribution is 2.25. The minimum Gasteiger partial charge on any atom is -0.354 e. The Bertz CT molecular complexity index is 761. The number of hydrogen-bond acceptors (Lipinski definition) is 5. The van der Waals surface area contributed by atoms with Crippen molar-refractivity contribution in [3.8, 4) is 0 Å². The summed E-state index contributed by atoms with van der Waals surface area (Å²) in [5.41, 5.74) is 2.02. The fourth-order valence-corrected chi connectivity index (χ4v) is 4.19. The zero-order valence-corrected chi connectivity index (χ0v) is 17.6. The van der Waals surface area contributed by atoms with Gasteiger partial charge in [-0.2, -0.15) is 5.10 Å². The Balaban J connectivity index is 1.39. The van der Waals surface area contributed by atoms with Crippen molar-refractivity contribution in [1.82, 2.24) is 30.2 Å². The lowest BCUT2D eigenvalue weighted by Gasteiger charge is -2.30. The van der Waals surface area contributed by atoms with Crippen molar-refractivity contribution in [1.29, 1.82) is 0 Å². The van der Waals surface area contributed by atoms with Crippen LogP contribution in [0.4, 0.5) is 0 Å². The SMILES string of the molecule is Cc1cc(C)n(CCC(=O)NC[C@@H]2CC[C@H](CC(=O)N3CCNC(=O)C3)N2C)n1. The Labute approximate surface area is 171 Å². The minimum absolute atomic E-state index is 0.0183. The first-order valence-electron chi connectivity index (χ1n) is 10.4. The molecule has 9 heteroatoms. The molecule has 0 spiro atoms. The van der Waals surface area contributed by atoms with Crippen molar-refractivity contribution in [3.05, 3.63) is 17.5 Å². The number of aromatic nitrogens is 2. The number of piperazine rings is 1. The van der Waals surface area contributed by atoms with Gasteiger partial charge in [0.2, 0.25) is 17.7 Å². The summed E-state index contributed by atoms with van der Waals surface area (Å²) < 4.78 is 1.86. The van der Waals surface area contributed by atoms with Crippen molar-refractivity contribution in [2.24, 2.45) is 0 Å². The second-order valence-corrected chi connectivity index (χ2v) is 8.12.